The maximum atomic E-state index is 12.6. The zero-order valence-corrected chi connectivity index (χ0v) is 21.7. The number of hydrogen-bond donors (Lipinski definition) is 2. The molecule has 36 heavy (non-hydrogen) atoms. The van der Waals surface area contributed by atoms with Crippen molar-refractivity contribution in [2.45, 2.75) is 84.0 Å². The summed E-state index contributed by atoms with van der Waals surface area (Å²) in [5.41, 5.74) is 1.64. The van der Waals surface area contributed by atoms with Crippen molar-refractivity contribution in [3.05, 3.63) is 29.8 Å². The zero-order valence-electron chi connectivity index (χ0n) is 21.7. The van der Waals surface area contributed by atoms with Crippen molar-refractivity contribution in [1.82, 2.24) is 5.32 Å². The summed E-state index contributed by atoms with van der Waals surface area (Å²) in [4.78, 5) is 48.9. The van der Waals surface area contributed by atoms with Crippen LogP contribution in [0.1, 0.15) is 83.1 Å². The molecule has 0 saturated heterocycles. The van der Waals surface area contributed by atoms with Crippen LogP contribution in [0.15, 0.2) is 24.3 Å². The lowest BCUT2D eigenvalue weighted by molar-refractivity contribution is -0.130. The summed E-state index contributed by atoms with van der Waals surface area (Å²) in [6, 6.07) is 7.35. The topological polar surface area (TPSA) is 102 Å². The van der Waals surface area contributed by atoms with E-state index in [2.05, 4.69) is 17.6 Å². The van der Waals surface area contributed by atoms with Gasteiger partial charge >= 0.3 is 0 Å². The van der Waals surface area contributed by atoms with Crippen molar-refractivity contribution < 1.29 is 23.9 Å². The van der Waals surface area contributed by atoms with Gasteiger partial charge in [0.05, 0.1) is 0 Å². The molecule has 2 aliphatic rings. The predicted molar refractivity (Wildman–Crippen MR) is 140 cm³/mol. The Balaban J connectivity index is 1.28. The summed E-state index contributed by atoms with van der Waals surface area (Å²) < 4.78 is 5.30. The Hall–Kier alpha value is -2.54. The van der Waals surface area contributed by atoms with Gasteiger partial charge in [0.2, 0.25) is 11.8 Å². The van der Waals surface area contributed by atoms with Crippen LogP contribution in [0.5, 0.6) is 0 Å². The van der Waals surface area contributed by atoms with E-state index >= 15 is 0 Å². The van der Waals surface area contributed by atoms with E-state index in [4.69, 9.17) is 4.74 Å². The molecular weight excluding hydrogens is 456 g/mol. The lowest BCUT2D eigenvalue weighted by Crippen LogP contribution is -2.31. The number of amides is 2. The first-order valence-electron chi connectivity index (χ1n) is 13.7. The highest BCUT2D eigenvalue weighted by atomic mass is 16.5. The molecule has 0 spiro atoms. The van der Waals surface area contributed by atoms with Gasteiger partial charge in [-0.25, -0.2) is 0 Å². The molecule has 0 radical (unpaired) electrons. The van der Waals surface area contributed by atoms with Crippen molar-refractivity contribution >= 4 is 29.1 Å². The number of aryl methyl sites for hydroxylation is 1. The molecule has 2 aliphatic carbocycles. The van der Waals surface area contributed by atoms with E-state index in [1.807, 2.05) is 12.1 Å². The summed E-state index contributed by atoms with van der Waals surface area (Å²) in [7, 11) is 0. The highest BCUT2D eigenvalue weighted by Crippen LogP contribution is 2.33. The molecule has 2 N–H and O–H groups in total. The highest BCUT2D eigenvalue weighted by Gasteiger charge is 2.29. The van der Waals surface area contributed by atoms with Gasteiger partial charge in [0.15, 0.2) is 5.78 Å². The number of ether oxygens (including phenoxy) is 1. The summed E-state index contributed by atoms with van der Waals surface area (Å²) in [5.74, 6) is 0.813. The fraction of sp³-hybridized carbons (Fsp3) is 0.655. The molecule has 0 bridgehead atoms. The standard InChI is InChI=1S/C29H42N2O5/c1-2-22-7-5-6-10-25(22)26(32)17-18-30-28(34)16-13-21-11-14-24(15-12-21)31-29(35)20-36-19-27(33)23-8-3-4-9-23/h11-12,14-15,22-23,25H,2-10,13,16-20H2,1H3,(H,30,34)(H,31,35). The normalized spacial score (nSPS) is 20.1. The number of rotatable bonds is 14. The summed E-state index contributed by atoms with van der Waals surface area (Å²) >= 11 is 0. The Morgan fingerprint density at radius 1 is 0.833 bits per heavy atom. The minimum atomic E-state index is -0.297. The zero-order chi connectivity index (χ0) is 25.8. The Labute approximate surface area is 215 Å². The molecule has 2 saturated carbocycles. The second kappa shape index (κ2) is 14.9. The number of Topliss-reactive ketones (excluding diaryl/α,β-unsaturated/α-hetero) is 2. The van der Waals surface area contributed by atoms with Crippen LogP contribution in [0.4, 0.5) is 5.69 Å². The minimum absolute atomic E-state index is 0.00686. The van der Waals surface area contributed by atoms with Crippen molar-refractivity contribution in [2.24, 2.45) is 17.8 Å². The molecule has 2 amide bonds. The van der Waals surface area contributed by atoms with Crippen molar-refractivity contribution in [1.29, 1.82) is 0 Å². The van der Waals surface area contributed by atoms with Crippen LogP contribution in [0, 0.1) is 17.8 Å². The maximum absolute atomic E-state index is 12.6. The molecule has 198 valence electrons. The minimum Gasteiger partial charge on any atom is -0.364 e. The number of carbonyl (C=O) groups excluding carboxylic acids is 4. The molecular formula is C29H42N2O5. The van der Waals surface area contributed by atoms with Gasteiger partial charge in [-0.15, -0.1) is 0 Å². The number of nitrogens with one attached hydrogen (secondary N) is 2. The predicted octanol–water partition coefficient (Wildman–Crippen LogP) is 4.63. The molecule has 2 atom stereocenters. The van der Waals surface area contributed by atoms with Crippen LogP contribution in [-0.4, -0.2) is 43.1 Å². The number of hydrogen-bond acceptors (Lipinski definition) is 5. The molecule has 1 aromatic carbocycles. The first-order valence-corrected chi connectivity index (χ1v) is 13.7. The molecule has 0 aliphatic heterocycles. The van der Waals surface area contributed by atoms with Gasteiger partial charge in [0.1, 0.15) is 19.0 Å². The summed E-state index contributed by atoms with van der Waals surface area (Å²) in [6.07, 6.45) is 11.0. The number of benzene rings is 1. The molecule has 7 heteroatoms. The molecule has 0 heterocycles. The van der Waals surface area contributed by atoms with Crippen LogP contribution in [0.3, 0.4) is 0 Å². The van der Waals surface area contributed by atoms with Crippen LogP contribution >= 0.6 is 0 Å². The fourth-order valence-electron chi connectivity index (χ4n) is 5.54. The third kappa shape index (κ3) is 9.16. The lowest BCUT2D eigenvalue weighted by Gasteiger charge is -2.29. The van der Waals surface area contributed by atoms with Crippen molar-refractivity contribution in [3.63, 3.8) is 0 Å². The third-order valence-corrected chi connectivity index (χ3v) is 7.71. The van der Waals surface area contributed by atoms with Crippen LogP contribution in [0.2, 0.25) is 0 Å². The summed E-state index contributed by atoms with van der Waals surface area (Å²) in [5, 5.41) is 5.65. The third-order valence-electron chi connectivity index (χ3n) is 7.71. The van der Waals surface area contributed by atoms with Crippen molar-refractivity contribution in [2.75, 3.05) is 25.1 Å². The summed E-state index contributed by atoms with van der Waals surface area (Å²) in [6.45, 7) is 2.41. The Bertz CT molecular complexity index is 876. The molecule has 1 aromatic rings. The maximum Gasteiger partial charge on any atom is 0.250 e. The molecule has 3 rings (SSSR count). The van der Waals surface area contributed by atoms with E-state index in [0.29, 0.717) is 43.2 Å². The Morgan fingerprint density at radius 2 is 1.53 bits per heavy atom. The Morgan fingerprint density at radius 3 is 2.25 bits per heavy atom. The van der Waals surface area contributed by atoms with E-state index in [9.17, 15) is 19.2 Å². The Kier molecular flexibility index (Phi) is 11.6. The van der Waals surface area contributed by atoms with Gasteiger partial charge in [0, 0.05) is 36.9 Å². The second-order valence-electron chi connectivity index (χ2n) is 10.3. The number of ketones is 2. The molecule has 2 fully saturated rings. The first-order chi connectivity index (χ1) is 17.5. The average molecular weight is 499 g/mol. The first kappa shape index (κ1) is 28.0. The number of carbonyl (C=O) groups is 4. The van der Waals surface area contributed by atoms with Crippen molar-refractivity contribution in [3.8, 4) is 0 Å². The SMILES string of the molecule is CCC1CCCCC1C(=O)CCNC(=O)CCc1ccc(NC(=O)COCC(=O)C2CCCC2)cc1. The van der Waals surface area contributed by atoms with Gasteiger partial charge in [-0.3, -0.25) is 19.2 Å². The molecule has 0 aromatic heterocycles. The molecule has 2 unspecified atom stereocenters. The monoisotopic (exact) mass is 498 g/mol. The van der Waals surface area contributed by atoms with E-state index in [-0.39, 0.29) is 42.6 Å². The van der Waals surface area contributed by atoms with Crippen LogP contribution in [0.25, 0.3) is 0 Å². The van der Waals surface area contributed by atoms with Crippen LogP contribution < -0.4 is 10.6 Å². The lowest BCUT2D eigenvalue weighted by atomic mass is 9.75. The average Bonchev–Trinajstić information content (AvgIpc) is 3.43. The number of anilines is 1. The van der Waals surface area contributed by atoms with E-state index < -0.39 is 0 Å². The fourth-order valence-corrected chi connectivity index (χ4v) is 5.54. The largest absolute Gasteiger partial charge is 0.364 e. The second-order valence-corrected chi connectivity index (χ2v) is 10.3. The highest BCUT2D eigenvalue weighted by molar-refractivity contribution is 5.92. The van der Waals surface area contributed by atoms with Gasteiger partial charge < -0.3 is 15.4 Å². The van der Waals surface area contributed by atoms with Crippen LogP contribution in [-0.2, 0) is 30.3 Å². The molecule has 7 nitrogen and oxygen atoms in total. The van der Waals surface area contributed by atoms with E-state index in [1.54, 1.807) is 12.1 Å². The smallest absolute Gasteiger partial charge is 0.250 e. The quantitative estimate of drug-likeness (QED) is 0.390. The van der Waals surface area contributed by atoms with Gasteiger partial charge in [0.25, 0.3) is 0 Å². The van der Waals surface area contributed by atoms with E-state index in [0.717, 1.165) is 56.9 Å². The van der Waals surface area contributed by atoms with Gasteiger partial charge in [-0.1, -0.05) is 51.2 Å². The van der Waals surface area contributed by atoms with Gasteiger partial charge in [-0.2, -0.15) is 0 Å². The van der Waals surface area contributed by atoms with Gasteiger partial charge in [-0.05, 0) is 55.7 Å². The van der Waals surface area contributed by atoms with E-state index in [1.165, 1.54) is 6.42 Å².